The van der Waals surface area contributed by atoms with Gasteiger partial charge in [0.2, 0.25) is 0 Å². The number of hydrogen-bond acceptors (Lipinski definition) is 2. The molecular formula is C13H24O2. The molecule has 2 heteroatoms. The van der Waals surface area contributed by atoms with Crippen molar-refractivity contribution in [1.82, 2.24) is 0 Å². The molecule has 0 aromatic carbocycles. The van der Waals surface area contributed by atoms with Gasteiger partial charge in [0.25, 0.3) is 0 Å². The fourth-order valence-electron chi connectivity index (χ4n) is 2.76. The highest BCUT2D eigenvalue weighted by Crippen LogP contribution is 2.41. The van der Waals surface area contributed by atoms with Crippen LogP contribution in [0.3, 0.4) is 0 Å². The zero-order valence-corrected chi connectivity index (χ0v) is 10.3. The van der Waals surface area contributed by atoms with Crippen LogP contribution in [0.15, 0.2) is 0 Å². The van der Waals surface area contributed by atoms with E-state index < -0.39 is 0 Å². The molecule has 0 aromatic heterocycles. The summed E-state index contributed by atoms with van der Waals surface area (Å²) in [6, 6.07) is 0. The zero-order chi connectivity index (χ0) is 11.3. The number of carbonyl (C=O) groups excluding carboxylic acids is 1. The second-order valence-corrected chi connectivity index (χ2v) is 5.10. The second-order valence-electron chi connectivity index (χ2n) is 5.10. The van der Waals surface area contributed by atoms with E-state index in [4.69, 9.17) is 4.74 Å². The smallest absolute Gasteiger partial charge is 0.141 e. The van der Waals surface area contributed by atoms with Crippen molar-refractivity contribution in [3.63, 3.8) is 0 Å². The molecule has 0 spiro atoms. The fraction of sp³-hybridized carbons (Fsp3) is 0.923. The normalized spacial score (nSPS) is 20.5. The molecule has 88 valence electrons. The van der Waals surface area contributed by atoms with Gasteiger partial charge in [-0.25, -0.2) is 0 Å². The Labute approximate surface area is 93.4 Å². The van der Waals surface area contributed by atoms with Gasteiger partial charge in [0, 0.05) is 25.0 Å². The summed E-state index contributed by atoms with van der Waals surface area (Å²) in [5.74, 6) is 0.624. The van der Waals surface area contributed by atoms with Gasteiger partial charge in [-0.2, -0.15) is 0 Å². The van der Waals surface area contributed by atoms with Crippen molar-refractivity contribution in [1.29, 1.82) is 0 Å². The SMILES string of the molecule is COCCC1(C(=O)C(C)C)CCCCC1. The van der Waals surface area contributed by atoms with E-state index in [0.717, 1.165) is 25.9 Å². The van der Waals surface area contributed by atoms with Crippen LogP contribution in [0.4, 0.5) is 0 Å². The lowest BCUT2D eigenvalue weighted by Crippen LogP contribution is -2.37. The molecule has 0 N–H and O–H groups in total. The summed E-state index contributed by atoms with van der Waals surface area (Å²) in [5.41, 5.74) is -0.0531. The van der Waals surface area contributed by atoms with E-state index in [1.54, 1.807) is 7.11 Å². The molecule has 0 aromatic rings. The maximum Gasteiger partial charge on any atom is 0.141 e. The van der Waals surface area contributed by atoms with E-state index in [1.807, 2.05) is 13.8 Å². The third-order valence-electron chi connectivity index (χ3n) is 3.64. The maximum atomic E-state index is 12.3. The molecule has 0 unspecified atom stereocenters. The van der Waals surface area contributed by atoms with Crippen molar-refractivity contribution in [2.45, 2.75) is 52.4 Å². The van der Waals surface area contributed by atoms with Crippen molar-refractivity contribution in [3.05, 3.63) is 0 Å². The van der Waals surface area contributed by atoms with Gasteiger partial charge >= 0.3 is 0 Å². The van der Waals surface area contributed by atoms with Crippen molar-refractivity contribution in [3.8, 4) is 0 Å². The summed E-state index contributed by atoms with van der Waals surface area (Å²) < 4.78 is 5.15. The van der Waals surface area contributed by atoms with E-state index in [2.05, 4.69) is 0 Å². The molecule has 0 bridgehead atoms. The average Bonchev–Trinajstić information content (AvgIpc) is 2.26. The largest absolute Gasteiger partial charge is 0.385 e. The Bertz CT molecular complexity index is 203. The summed E-state index contributed by atoms with van der Waals surface area (Å²) in [7, 11) is 1.72. The number of Topliss-reactive ketones (excluding diaryl/α,β-unsaturated/α-hetero) is 1. The topological polar surface area (TPSA) is 26.3 Å². The Morgan fingerprint density at radius 2 is 1.87 bits per heavy atom. The Hall–Kier alpha value is -0.370. The quantitative estimate of drug-likeness (QED) is 0.699. The summed E-state index contributed by atoms with van der Waals surface area (Å²) >= 11 is 0. The van der Waals surface area contributed by atoms with E-state index in [9.17, 15) is 4.79 Å². The van der Waals surface area contributed by atoms with Crippen LogP contribution in [-0.2, 0) is 9.53 Å². The van der Waals surface area contributed by atoms with Crippen molar-refractivity contribution >= 4 is 5.78 Å². The van der Waals surface area contributed by atoms with Crippen LogP contribution in [0, 0.1) is 11.3 Å². The number of hydrogen-bond donors (Lipinski definition) is 0. The molecular weight excluding hydrogens is 188 g/mol. The first-order chi connectivity index (χ1) is 7.12. The molecule has 0 heterocycles. The third-order valence-corrected chi connectivity index (χ3v) is 3.64. The average molecular weight is 212 g/mol. The van der Waals surface area contributed by atoms with Gasteiger partial charge in [-0.1, -0.05) is 33.1 Å². The lowest BCUT2D eigenvalue weighted by molar-refractivity contribution is -0.135. The lowest BCUT2D eigenvalue weighted by atomic mass is 9.67. The fourth-order valence-corrected chi connectivity index (χ4v) is 2.76. The highest BCUT2D eigenvalue weighted by atomic mass is 16.5. The first-order valence-electron chi connectivity index (χ1n) is 6.16. The highest BCUT2D eigenvalue weighted by molar-refractivity contribution is 5.86. The molecule has 0 aliphatic heterocycles. The van der Waals surface area contributed by atoms with Gasteiger partial charge in [0.1, 0.15) is 5.78 Å². The number of ether oxygens (including phenoxy) is 1. The number of methoxy groups -OCH3 is 1. The molecule has 2 nitrogen and oxygen atoms in total. The Morgan fingerprint density at radius 1 is 1.27 bits per heavy atom. The summed E-state index contributed by atoms with van der Waals surface area (Å²) in [6.07, 6.45) is 6.78. The van der Waals surface area contributed by atoms with E-state index in [0.29, 0.717) is 5.78 Å². The summed E-state index contributed by atoms with van der Waals surface area (Å²) in [6.45, 7) is 4.76. The van der Waals surface area contributed by atoms with Crippen LogP contribution >= 0.6 is 0 Å². The molecule has 1 fully saturated rings. The van der Waals surface area contributed by atoms with E-state index in [-0.39, 0.29) is 11.3 Å². The van der Waals surface area contributed by atoms with Crippen molar-refractivity contribution in [2.24, 2.45) is 11.3 Å². The van der Waals surface area contributed by atoms with Crippen LogP contribution < -0.4 is 0 Å². The molecule has 0 radical (unpaired) electrons. The molecule has 1 aliphatic rings. The second kappa shape index (κ2) is 5.64. The van der Waals surface area contributed by atoms with Gasteiger partial charge in [-0.15, -0.1) is 0 Å². The Morgan fingerprint density at radius 3 is 2.33 bits per heavy atom. The van der Waals surface area contributed by atoms with Crippen LogP contribution in [0.2, 0.25) is 0 Å². The Kier molecular flexibility index (Phi) is 4.78. The van der Waals surface area contributed by atoms with Crippen molar-refractivity contribution in [2.75, 3.05) is 13.7 Å². The lowest BCUT2D eigenvalue weighted by Gasteiger charge is -2.37. The Balaban J connectivity index is 2.70. The number of rotatable bonds is 5. The minimum Gasteiger partial charge on any atom is -0.385 e. The predicted molar refractivity (Wildman–Crippen MR) is 61.9 cm³/mol. The summed E-state index contributed by atoms with van der Waals surface area (Å²) in [5, 5.41) is 0. The van der Waals surface area contributed by atoms with Gasteiger partial charge in [-0.3, -0.25) is 4.79 Å². The monoisotopic (exact) mass is 212 g/mol. The zero-order valence-electron chi connectivity index (χ0n) is 10.3. The summed E-state index contributed by atoms with van der Waals surface area (Å²) in [4.78, 5) is 12.3. The van der Waals surface area contributed by atoms with Crippen LogP contribution in [-0.4, -0.2) is 19.5 Å². The number of ketones is 1. The molecule has 0 atom stereocenters. The minimum absolute atomic E-state index is 0.0531. The molecule has 1 saturated carbocycles. The van der Waals surface area contributed by atoms with E-state index >= 15 is 0 Å². The molecule has 1 aliphatic carbocycles. The first kappa shape index (κ1) is 12.7. The van der Waals surface area contributed by atoms with Gasteiger partial charge in [0.15, 0.2) is 0 Å². The van der Waals surface area contributed by atoms with Crippen LogP contribution in [0.25, 0.3) is 0 Å². The minimum atomic E-state index is -0.0531. The molecule has 1 rings (SSSR count). The van der Waals surface area contributed by atoms with Gasteiger partial charge < -0.3 is 4.74 Å². The van der Waals surface area contributed by atoms with Crippen molar-refractivity contribution < 1.29 is 9.53 Å². The van der Waals surface area contributed by atoms with Gasteiger partial charge in [0.05, 0.1) is 0 Å². The van der Waals surface area contributed by atoms with Crippen LogP contribution in [0.1, 0.15) is 52.4 Å². The molecule has 0 saturated heterocycles. The molecule has 0 amide bonds. The first-order valence-corrected chi connectivity index (χ1v) is 6.16. The maximum absolute atomic E-state index is 12.3. The standard InChI is InChI=1S/C13H24O2/c1-11(2)12(14)13(9-10-15-3)7-5-4-6-8-13/h11H,4-10H2,1-3H3. The highest BCUT2D eigenvalue weighted by Gasteiger charge is 2.39. The van der Waals surface area contributed by atoms with Gasteiger partial charge in [-0.05, 0) is 19.3 Å². The van der Waals surface area contributed by atoms with Crippen LogP contribution in [0.5, 0.6) is 0 Å². The molecule has 15 heavy (non-hydrogen) atoms. The number of carbonyl (C=O) groups is 1. The third kappa shape index (κ3) is 3.04. The predicted octanol–water partition coefficient (Wildman–Crippen LogP) is 3.20. The van der Waals surface area contributed by atoms with E-state index in [1.165, 1.54) is 19.3 Å².